The van der Waals surface area contributed by atoms with Gasteiger partial charge in [0.2, 0.25) is 10.0 Å². The average Bonchev–Trinajstić information content (AvgIpc) is 2.16. The monoisotopic (exact) mass is 257 g/mol. The number of hydrogen-bond acceptors (Lipinski definition) is 3. The van der Waals surface area contributed by atoms with Gasteiger partial charge in [-0.2, -0.15) is 0 Å². The summed E-state index contributed by atoms with van der Waals surface area (Å²) in [6.45, 7) is 5.79. The Morgan fingerprint density at radius 2 is 1.76 bits per heavy atom. The summed E-state index contributed by atoms with van der Waals surface area (Å²) in [6.07, 6.45) is 0. The van der Waals surface area contributed by atoms with E-state index in [2.05, 4.69) is 4.72 Å². The molecule has 1 aromatic rings. The highest BCUT2D eigenvalue weighted by Gasteiger charge is 2.25. The lowest BCUT2D eigenvalue weighted by Crippen LogP contribution is -2.46. The first kappa shape index (κ1) is 14.2. The minimum Gasteiger partial charge on any atom is -0.383 e. The standard InChI is InChI=1S/C12H19NO3S/c1-10-5-7-11(8-6-10)17(14,15)13-12(2,3)9-16-4/h5-8,13H,9H2,1-4H3. The second-order valence-corrected chi connectivity index (χ2v) is 6.42. The zero-order valence-electron chi connectivity index (χ0n) is 10.6. The second kappa shape index (κ2) is 5.16. The number of rotatable bonds is 5. The summed E-state index contributed by atoms with van der Waals surface area (Å²) < 4.78 is 31.7. The third-order valence-electron chi connectivity index (χ3n) is 2.25. The molecule has 0 radical (unpaired) electrons. The van der Waals surface area contributed by atoms with Crippen molar-refractivity contribution in [2.24, 2.45) is 0 Å². The van der Waals surface area contributed by atoms with Crippen LogP contribution >= 0.6 is 0 Å². The van der Waals surface area contributed by atoms with Gasteiger partial charge in [-0.25, -0.2) is 13.1 Å². The normalized spacial score (nSPS) is 12.7. The van der Waals surface area contributed by atoms with Crippen LogP contribution < -0.4 is 4.72 Å². The molecule has 0 amide bonds. The first-order valence-corrected chi connectivity index (χ1v) is 6.85. The molecule has 0 saturated carbocycles. The Balaban J connectivity index is 2.93. The minimum atomic E-state index is -3.49. The van der Waals surface area contributed by atoms with Gasteiger partial charge >= 0.3 is 0 Å². The molecule has 0 atom stereocenters. The number of hydrogen-bond donors (Lipinski definition) is 1. The smallest absolute Gasteiger partial charge is 0.241 e. The molecule has 4 nitrogen and oxygen atoms in total. The number of sulfonamides is 1. The molecule has 0 aliphatic heterocycles. The van der Waals surface area contributed by atoms with E-state index in [-0.39, 0.29) is 4.90 Å². The first-order chi connectivity index (χ1) is 7.77. The van der Waals surface area contributed by atoms with E-state index in [4.69, 9.17) is 4.74 Å². The van der Waals surface area contributed by atoms with E-state index < -0.39 is 15.6 Å². The molecule has 96 valence electrons. The van der Waals surface area contributed by atoms with Gasteiger partial charge in [0.05, 0.1) is 17.0 Å². The van der Waals surface area contributed by atoms with Gasteiger partial charge in [0.15, 0.2) is 0 Å². The summed E-state index contributed by atoms with van der Waals surface area (Å²) >= 11 is 0. The molecule has 0 unspecified atom stereocenters. The van der Waals surface area contributed by atoms with Crippen molar-refractivity contribution in [3.8, 4) is 0 Å². The van der Waals surface area contributed by atoms with Crippen molar-refractivity contribution in [3.05, 3.63) is 29.8 Å². The number of aryl methyl sites for hydroxylation is 1. The summed E-state index contributed by atoms with van der Waals surface area (Å²) in [7, 11) is -1.94. The SMILES string of the molecule is COCC(C)(C)NS(=O)(=O)c1ccc(C)cc1. The number of methoxy groups -OCH3 is 1. The van der Waals surface area contributed by atoms with Crippen LogP contribution in [0, 0.1) is 6.92 Å². The van der Waals surface area contributed by atoms with Gasteiger partial charge in [0.1, 0.15) is 0 Å². The van der Waals surface area contributed by atoms with E-state index in [0.29, 0.717) is 6.61 Å². The van der Waals surface area contributed by atoms with Gasteiger partial charge in [-0.1, -0.05) is 17.7 Å². The number of benzene rings is 1. The fourth-order valence-electron chi connectivity index (χ4n) is 1.53. The summed E-state index contributed by atoms with van der Waals surface area (Å²) in [6, 6.07) is 6.75. The van der Waals surface area contributed by atoms with Crippen molar-refractivity contribution in [2.75, 3.05) is 13.7 Å². The second-order valence-electron chi connectivity index (χ2n) is 4.74. The van der Waals surface area contributed by atoms with Gasteiger partial charge in [-0.3, -0.25) is 0 Å². The van der Waals surface area contributed by atoms with Crippen molar-refractivity contribution in [2.45, 2.75) is 31.2 Å². The number of nitrogens with one attached hydrogen (secondary N) is 1. The molecule has 1 N–H and O–H groups in total. The Labute approximate surface area is 103 Å². The van der Waals surface area contributed by atoms with Crippen LogP contribution in [-0.4, -0.2) is 27.7 Å². The fraction of sp³-hybridized carbons (Fsp3) is 0.500. The molecule has 0 aromatic heterocycles. The maximum absolute atomic E-state index is 12.1. The fourth-order valence-corrected chi connectivity index (χ4v) is 2.93. The first-order valence-electron chi connectivity index (χ1n) is 5.36. The van der Waals surface area contributed by atoms with Crippen molar-refractivity contribution in [3.63, 3.8) is 0 Å². The molecular weight excluding hydrogens is 238 g/mol. The molecule has 5 heteroatoms. The quantitative estimate of drug-likeness (QED) is 0.873. The molecule has 0 bridgehead atoms. The summed E-state index contributed by atoms with van der Waals surface area (Å²) in [5.74, 6) is 0. The molecule has 0 aliphatic rings. The minimum absolute atomic E-state index is 0.271. The molecule has 0 aliphatic carbocycles. The Bertz CT molecular complexity index is 463. The van der Waals surface area contributed by atoms with Crippen LogP contribution in [-0.2, 0) is 14.8 Å². The predicted octanol–water partition coefficient (Wildman–Crippen LogP) is 1.70. The van der Waals surface area contributed by atoms with Crippen LogP contribution in [0.15, 0.2) is 29.2 Å². The Hall–Kier alpha value is -0.910. The van der Waals surface area contributed by atoms with Crippen LogP contribution in [0.4, 0.5) is 0 Å². The molecular formula is C12H19NO3S. The predicted molar refractivity (Wildman–Crippen MR) is 67.5 cm³/mol. The van der Waals surface area contributed by atoms with Crippen LogP contribution in [0.2, 0.25) is 0 Å². The molecule has 1 rings (SSSR count). The van der Waals surface area contributed by atoms with Crippen LogP contribution in [0.25, 0.3) is 0 Å². The largest absolute Gasteiger partial charge is 0.383 e. The lowest BCUT2D eigenvalue weighted by molar-refractivity contribution is 0.141. The van der Waals surface area contributed by atoms with Crippen LogP contribution in [0.3, 0.4) is 0 Å². The summed E-state index contributed by atoms with van der Waals surface area (Å²) in [4.78, 5) is 0.271. The molecule has 1 aromatic carbocycles. The van der Waals surface area contributed by atoms with Gasteiger partial charge < -0.3 is 4.74 Å². The molecule has 0 heterocycles. The van der Waals surface area contributed by atoms with Crippen molar-refractivity contribution in [1.29, 1.82) is 0 Å². The molecule has 0 saturated heterocycles. The van der Waals surface area contributed by atoms with Gasteiger partial charge in [0, 0.05) is 7.11 Å². The van der Waals surface area contributed by atoms with E-state index in [0.717, 1.165) is 5.56 Å². The lowest BCUT2D eigenvalue weighted by Gasteiger charge is -2.24. The molecule has 17 heavy (non-hydrogen) atoms. The zero-order valence-corrected chi connectivity index (χ0v) is 11.5. The van der Waals surface area contributed by atoms with E-state index in [1.807, 2.05) is 6.92 Å². The van der Waals surface area contributed by atoms with E-state index in [9.17, 15) is 8.42 Å². The van der Waals surface area contributed by atoms with E-state index in [1.165, 1.54) is 0 Å². The summed E-state index contributed by atoms with van der Waals surface area (Å²) in [5.41, 5.74) is 0.401. The zero-order chi connectivity index (χ0) is 13.1. The Morgan fingerprint density at radius 3 is 2.24 bits per heavy atom. The maximum atomic E-state index is 12.1. The molecule has 0 spiro atoms. The summed E-state index contributed by atoms with van der Waals surface area (Å²) in [5, 5.41) is 0. The van der Waals surface area contributed by atoms with Gasteiger partial charge in [-0.05, 0) is 32.9 Å². The lowest BCUT2D eigenvalue weighted by atomic mass is 10.1. The van der Waals surface area contributed by atoms with Gasteiger partial charge in [0.25, 0.3) is 0 Å². The Morgan fingerprint density at radius 1 is 1.24 bits per heavy atom. The average molecular weight is 257 g/mol. The van der Waals surface area contributed by atoms with Crippen molar-refractivity contribution >= 4 is 10.0 Å². The molecule has 0 fully saturated rings. The van der Waals surface area contributed by atoms with Crippen molar-refractivity contribution in [1.82, 2.24) is 4.72 Å². The van der Waals surface area contributed by atoms with Crippen molar-refractivity contribution < 1.29 is 13.2 Å². The highest BCUT2D eigenvalue weighted by atomic mass is 32.2. The Kier molecular flexibility index (Phi) is 4.30. The van der Waals surface area contributed by atoms with E-state index in [1.54, 1.807) is 45.2 Å². The van der Waals surface area contributed by atoms with Gasteiger partial charge in [-0.15, -0.1) is 0 Å². The highest BCUT2D eigenvalue weighted by Crippen LogP contribution is 2.14. The van der Waals surface area contributed by atoms with Crippen LogP contribution in [0.1, 0.15) is 19.4 Å². The number of ether oxygens (including phenoxy) is 1. The topological polar surface area (TPSA) is 55.4 Å². The van der Waals surface area contributed by atoms with Crippen LogP contribution in [0.5, 0.6) is 0 Å². The third kappa shape index (κ3) is 4.11. The maximum Gasteiger partial charge on any atom is 0.241 e. The van der Waals surface area contributed by atoms with E-state index >= 15 is 0 Å². The highest BCUT2D eigenvalue weighted by molar-refractivity contribution is 7.89. The third-order valence-corrected chi connectivity index (χ3v) is 3.96.